The van der Waals surface area contributed by atoms with Crippen LogP contribution in [-0.2, 0) is 21.3 Å². The van der Waals surface area contributed by atoms with Gasteiger partial charge in [-0.2, -0.15) is 0 Å². The Bertz CT molecular complexity index is 714. The highest BCUT2D eigenvalue weighted by Gasteiger charge is 2.69. The second-order valence-electron chi connectivity index (χ2n) is 8.17. The van der Waals surface area contributed by atoms with Crippen molar-refractivity contribution in [1.29, 1.82) is 0 Å². The van der Waals surface area contributed by atoms with E-state index in [-0.39, 0.29) is 11.5 Å². The normalized spacial score (nSPS) is 36.0. The van der Waals surface area contributed by atoms with Crippen molar-refractivity contribution in [1.82, 2.24) is 5.32 Å². The molecule has 2 fully saturated rings. The maximum absolute atomic E-state index is 6.71. The average molecular weight is 359 g/mol. The quantitative estimate of drug-likeness (QED) is 0.896. The first kappa shape index (κ1) is 16.8. The lowest BCUT2D eigenvalue weighted by Crippen LogP contribution is -2.66. The monoisotopic (exact) mass is 359 g/mol. The molecule has 0 bridgehead atoms. The van der Waals surface area contributed by atoms with Gasteiger partial charge >= 0.3 is 0 Å². The van der Waals surface area contributed by atoms with Gasteiger partial charge in [0, 0.05) is 23.4 Å². The molecule has 1 unspecified atom stereocenters. The van der Waals surface area contributed by atoms with Crippen molar-refractivity contribution in [2.24, 2.45) is 5.92 Å². The third kappa shape index (κ3) is 1.92. The van der Waals surface area contributed by atoms with Crippen LogP contribution in [-0.4, -0.2) is 45.3 Å². The van der Waals surface area contributed by atoms with Crippen LogP contribution in [0.4, 0.5) is 0 Å². The maximum atomic E-state index is 6.71. The molecule has 1 aromatic carbocycles. The van der Waals surface area contributed by atoms with Crippen molar-refractivity contribution >= 4 is 0 Å². The summed E-state index contributed by atoms with van der Waals surface area (Å²) >= 11 is 0. The van der Waals surface area contributed by atoms with Crippen LogP contribution in [0.1, 0.15) is 43.7 Å². The molecule has 2 heterocycles. The number of hydrogen-bond acceptors (Lipinski definition) is 5. The lowest BCUT2D eigenvalue weighted by Gasteiger charge is -2.55. The van der Waals surface area contributed by atoms with E-state index in [2.05, 4.69) is 31.4 Å². The van der Waals surface area contributed by atoms with E-state index in [0.29, 0.717) is 25.2 Å². The maximum Gasteiger partial charge on any atom is 0.206 e. The van der Waals surface area contributed by atoms with Crippen LogP contribution in [0.25, 0.3) is 0 Å². The van der Waals surface area contributed by atoms with Crippen molar-refractivity contribution in [2.75, 3.05) is 27.4 Å². The summed E-state index contributed by atoms with van der Waals surface area (Å²) in [5.41, 5.74) is 2.70. The molecular formula is C21H29NO4. The largest absolute Gasteiger partial charge is 0.493 e. The summed E-state index contributed by atoms with van der Waals surface area (Å²) in [7, 11) is 3.82. The summed E-state index contributed by atoms with van der Waals surface area (Å²) in [6.45, 7) is 3.58. The molecule has 142 valence electrons. The zero-order valence-corrected chi connectivity index (χ0v) is 16.0. The van der Waals surface area contributed by atoms with Crippen LogP contribution in [0.3, 0.4) is 0 Å². The van der Waals surface area contributed by atoms with Crippen molar-refractivity contribution in [2.45, 2.75) is 62.4 Å². The number of nitrogens with one attached hydrogen (secondary N) is 1. The Morgan fingerprint density at radius 1 is 1.27 bits per heavy atom. The highest BCUT2D eigenvalue weighted by Crippen LogP contribution is 2.65. The lowest BCUT2D eigenvalue weighted by atomic mass is 9.52. The van der Waals surface area contributed by atoms with Crippen molar-refractivity contribution in [3.05, 3.63) is 23.3 Å². The van der Waals surface area contributed by atoms with Gasteiger partial charge in [-0.05, 0) is 43.9 Å². The van der Waals surface area contributed by atoms with Gasteiger partial charge in [0.25, 0.3) is 0 Å². The Kier molecular flexibility index (Phi) is 3.79. The van der Waals surface area contributed by atoms with Crippen LogP contribution in [0.15, 0.2) is 12.1 Å². The Hall–Kier alpha value is -1.30. The first-order chi connectivity index (χ1) is 12.7. The minimum absolute atomic E-state index is 0.0670. The predicted octanol–water partition coefficient (Wildman–Crippen LogP) is 2.79. The highest BCUT2D eigenvalue weighted by molar-refractivity contribution is 5.61. The summed E-state index contributed by atoms with van der Waals surface area (Å²) in [6.07, 6.45) is 5.14. The van der Waals surface area contributed by atoms with Crippen LogP contribution in [0.2, 0.25) is 0 Å². The zero-order valence-electron chi connectivity index (χ0n) is 16.0. The van der Waals surface area contributed by atoms with Gasteiger partial charge in [-0.25, -0.2) is 0 Å². The Morgan fingerprint density at radius 2 is 2.08 bits per heavy atom. The number of ether oxygens (including phenoxy) is 4. The van der Waals surface area contributed by atoms with Crippen molar-refractivity contribution in [3.8, 4) is 11.5 Å². The second kappa shape index (κ2) is 5.85. The summed E-state index contributed by atoms with van der Waals surface area (Å²) in [4.78, 5) is 0. The van der Waals surface area contributed by atoms with Gasteiger partial charge in [-0.1, -0.05) is 19.4 Å². The van der Waals surface area contributed by atoms with E-state index >= 15 is 0 Å². The smallest absolute Gasteiger partial charge is 0.206 e. The molecule has 1 saturated carbocycles. The summed E-state index contributed by atoms with van der Waals surface area (Å²) in [6, 6.07) is 4.75. The minimum Gasteiger partial charge on any atom is -0.493 e. The molecule has 0 aromatic heterocycles. The third-order valence-electron chi connectivity index (χ3n) is 7.20. The molecule has 2 aliphatic heterocycles. The molecule has 5 heteroatoms. The SMILES string of the molecule is CCC[C@]12c3c4ccc(OC)c3O[C@H]1C1(CCC2[C@H](NC)C4)OCCO1. The third-order valence-corrected chi connectivity index (χ3v) is 7.20. The van der Waals surface area contributed by atoms with E-state index in [4.69, 9.17) is 18.9 Å². The van der Waals surface area contributed by atoms with Crippen molar-refractivity contribution in [3.63, 3.8) is 0 Å². The predicted molar refractivity (Wildman–Crippen MR) is 97.9 cm³/mol. The molecule has 4 atom stereocenters. The molecule has 1 aromatic rings. The number of rotatable bonds is 4. The van der Waals surface area contributed by atoms with E-state index in [9.17, 15) is 0 Å². The van der Waals surface area contributed by atoms with Crippen LogP contribution in [0, 0.1) is 5.92 Å². The number of hydrogen-bond donors (Lipinski definition) is 1. The molecule has 2 aliphatic carbocycles. The number of fused-ring (bicyclic) bond motifs is 1. The minimum atomic E-state index is -0.609. The molecule has 5 rings (SSSR count). The first-order valence-corrected chi connectivity index (χ1v) is 10.0. The first-order valence-electron chi connectivity index (χ1n) is 10.0. The number of benzene rings is 1. The Morgan fingerprint density at radius 3 is 2.77 bits per heavy atom. The van der Waals surface area contributed by atoms with Gasteiger partial charge in [0.1, 0.15) is 0 Å². The Labute approximate surface area is 155 Å². The van der Waals surface area contributed by atoms with E-state index < -0.39 is 5.79 Å². The lowest BCUT2D eigenvalue weighted by molar-refractivity contribution is -0.254. The average Bonchev–Trinajstić information content (AvgIpc) is 3.26. The van der Waals surface area contributed by atoms with Crippen LogP contribution in [0.5, 0.6) is 11.5 Å². The molecule has 1 saturated heterocycles. The standard InChI is InChI=1S/C21H29NO4/c1-4-8-20-14-7-9-21(24-10-11-25-21)19(20)26-18-16(23-3)6-5-13(17(18)20)12-15(14)22-2/h5-6,14-15,19,22H,4,7-12H2,1-3H3/t14?,15-,19-,20+/m1/s1. The molecule has 1 spiro atoms. The van der Waals surface area contributed by atoms with Gasteiger partial charge in [0.2, 0.25) is 5.79 Å². The molecule has 5 nitrogen and oxygen atoms in total. The molecule has 26 heavy (non-hydrogen) atoms. The highest BCUT2D eigenvalue weighted by atomic mass is 16.8. The van der Waals surface area contributed by atoms with Gasteiger partial charge in [-0.15, -0.1) is 0 Å². The van der Waals surface area contributed by atoms with Gasteiger partial charge in [0.05, 0.1) is 20.3 Å². The number of methoxy groups -OCH3 is 1. The number of likely N-dealkylation sites (N-methyl/N-ethyl adjacent to an activating group) is 1. The fourth-order valence-electron chi connectivity index (χ4n) is 6.39. The van der Waals surface area contributed by atoms with E-state index in [1.165, 1.54) is 11.1 Å². The summed E-state index contributed by atoms with van der Waals surface area (Å²) in [5, 5.41) is 3.61. The molecular weight excluding hydrogens is 330 g/mol. The summed E-state index contributed by atoms with van der Waals surface area (Å²) < 4.78 is 24.9. The molecule has 0 amide bonds. The van der Waals surface area contributed by atoms with E-state index in [1.54, 1.807) is 7.11 Å². The molecule has 4 aliphatic rings. The molecule has 0 radical (unpaired) electrons. The van der Waals surface area contributed by atoms with E-state index in [0.717, 1.165) is 43.6 Å². The fourth-order valence-corrected chi connectivity index (χ4v) is 6.39. The Balaban J connectivity index is 1.76. The second-order valence-corrected chi connectivity index (χ2v) is 8.17. The van der Waals surface area contributed by atoms with Gasteiger partial charge in [0.15, 0.2) is 17.6 Å². The zero-order chi connectivity index (χ0) is 17.9. The fraction of sp³-hybridized carbons (Fsp3) is 0.714. The molecule has 1 N–H and O–H groups in total. The topological polar surface area (TPSA) is 49.0 Å². The van der Waals surface area contributed by atoms with Crippen LogP contribution < -0.4 is 14.8 Å². The van der Waals surface area contributed by atoms with Crippen LogP contribution >= 0.6 is 0 Å². The summed E-state index contributed by atoms with van der Waals surface area (Å²) in [5.74, 6) is 1.69. The van der Waals surface area contributed by atoms with Gasteiger partial charge in [-0.3, -0.25) is 0 Å². The van der Waals surface area contributed by atoms with Gasteiger partial charge < -0.3 is 24.3 Å². The van der Waals surface area contributed by atoms with E-state index in [1.807, 2.05) is 0 Å². The van der Waals surface area contributed by atoms with Crippen molar-refractivity contribution < 1.29 is 18.9 Å².